The predicted octanol–water partition coefficient (Wildman–Crippen LogP) is 2.98. The lowest BCUT2D eigenvalue weighted by Gasteiger charge is -2.18. The van der Waals surface area contributed by atoms with E-state index < -0.39 is 0 Å². The van der Waals surface area contributed by atoms with Gasteiger partial charge in [-0.3, -0.25) is 4.49 Å². The Morgan fingerprint density at radius 3 is 2.92 bits per heavy atom. The topological polar surface area (TPSA) is 47.1 Å². The zero-order valence-electron chi connectivity index (χ0n) is 14.0. The van der Waals surface area contributed by atoms with Crippen LogP contribution in [0.3, 0.4) is 0 Å². The van der Waals surface area contributed by atoms with Gasteiger partial charge in [-0.15, -0.1) is 0 Å². The molecule has 0 saturated heterocycles. The number of fused-ring (bicyclic) bond motifs is 2. The number of hydrogen-bond acceptors (Lipinski definition) is 2. The van der Waals surface area contributed by atoms with E-state index in [1.165, 1.54) is 22.5 Å². The van der Waals surface area contributed by atoms with Crippen LogP contribution in [-0.4, -0.2) is 29.3 Å². The molecule has 24 heavy (non-hydrogen) atoms. The maximum absolute atomic E-state index is 5.86. The van der Waals surface area contributed by atoms with Crippen LogP contribution in [0.5, 0.6) is 0 Å². The van der Waals surface area contributed by atoms with Crippen molar-refractivity contribution in [1.29, 1.82) is 0 Å². The first-order chi connectivity index (χ1) is 11.7. The maximum Gasteiger partial charge on any atom is 0.699 e. The van der Waals surface area contributed by atoms with E-state index >= 15 is 0 Å². The first kappa shape index (κ1) is 15.0. The summed E-state index contributed by atoms with van der Waals surface area (Å²) in [6.07, 6.45) is 11.3. The molecule has 2 N–H and O–H groups in total. The van der Waals surface area contributed by atoms with Crippen molar-refractivity contribution in [3.05, 3.63) is 64.5 Å². The Balaban J connectivity index is 1.78. The Morgan fingerprint density at radius 1 is 1.29 bits per heavy atom. The second-order valence-electron chi connectivity index (χ2n) is 6.19. The number of nitrogens with two attached hydrogens (primary N) is 1. The van der Waals surface area contributed by atoms with Gasteiger partial charge in [-0.2, -0.15) is 0 Å². The van der Waals surface area contributed by atoms with Crippen molar-refractivity contribution in [1.82, 2.24) is 4.48 Å². The minimum atomic E-state index is 0.641. The van der Waals surface area contributed by atoms with E-state index in [-0.39, 0.29) is 0 Å². The van der Waals surface area contributed by atoms with Crippen LogP contribution in [0, 0.1) is 13.8 Å². The first-order valence-electron chi connectivity index (χ1n) is 8.22. The molecule has 2 aliphatic heterocycles. The number of hydrogen-bond donors (Lipinski definition) is 1. The molecule has 119 valence electrons. The third-order valence-electron chi connectivity index (χ3n) is 4.44. The van der Waals surface area contributed by atoms with Crippen molar-refractivity contribution >= 4 is 31.5 Å². The maximum atomic E-state index is 5.86. The molecule has 0 saturated carbocycles. The molecular weight excluding hydrogens is 297 g/mol. The van der Waals surface area contributed by atoms with Crippen LogP contribution in [0.2, 0.25) is 0 Å². The zero-order valence-corrected chi connectivity index (χ0v) is 14.0. The van der Waals surface area contributed by atoms with Crippen molar-refractivity contribution in [2.24, 2.45) is 5.73 Å². The lowest BCUT2D eigenvalue weighted by Crippen LogP contribution is -2.30. The van der Waals surface area contributed by atoms with Crippen molar-refractivity contribution in [3.8, 4) is 0 Å². The average Bonchev–Trinajstić information content (AvgIpc) is 3.25. The number of nitrogens with zero attached hydrogens (tertiary/aromatic N) is 2. The Labute approximate surface area is 142 Å². The summed E-state index contributed by atoms with van der Waals surface area (Å²) in [7, 11) is 2.13. The Bertz CT molecular complexity index is 925. The molecule has 0 bridgehead atoms. The van der Waals surface area contributed by atoms with Gasteiger partial charge in [0, 0.05) is 29.1 Å². The van der Waals surface area contributed by atoms with Gasteiger partial charge in [0.1, 0.15) is 17.7 Å². The van der Waals surface area contributed by atoms with Gasteiger partial charge in [-0.1, -0.05) is 0 Å². The Hall–Kier alpha value is -2.53. The fourth-order valence-electron chi connectivity index (χ4n) is 3.41. The highest BCUT2D eigenvalue weighted by Crippen LogP contribution is 2.33. The third kappa shape index (κ3) is 2.41. The van der Waals surface area contributed by atoms with E-state index in [1.54, 1.807) is 0 Å². The van der Waals surface area contributed by atoms with Gasteiger partial charge < -0.3 is 14.6 Å². The van der Waals surface area contributed by atoms with E-state index in [1.807, 2.05) is 25.1 Å². The number of rotatable bonds is 4. The lowest BCUT2D eigenvalue weighted by molar-refractivity contribution is -0.307. The average molecular weight is 317 g/mol. The van der Waals surface area contributed by atoms with Gasteiger partial charge in [0.15, 0.2) is 5.70 Å². The summed E-state index contributed by atoms with van der Waals surface area (Å²) in [6.45, 7) is 4.75. The quantitative estimate of drug-likeness (QED) is 0.881. The van der Waals surface area contributed by atoms with Gasteiger partial charge in [0.2, 0.25) is 0 Å². The molecule has 4 nitrogen and oxygen atoms in total. The van der Waals surface area contributed by atoms with Crippen molar-refractivity contribution < 1.29 is 8.90 Å². The fraction of sp³-hybridized carbons (Fsp3) is 0.211. The first-order valence-corrected chi connectivity index (χ1v) is 8.22. The number of allylic oxidation sites excluding steroid dienone is 2. The summed E-state index contributed by atoms with van der Waals surface area (Å²) in [5.41, 5.74) is 12.0. The fourth-order valence-corrected chi connectivity index (χ4v) is 3.41. The number of aromatic nitrogens is 1. The molecule has 0 fully saturated rings. The van der Waals surface area contributed by atoms with Crippen molar-refractivity contribution in [3.63, 3.8) is 0 Å². The second-order valence-corrected chi connectivity index (χ2v) is 6.19. The normalized spacial score (nSPS) is 15.7. The molecule has 1 radical (unpaired) electrons. The largest absolute Gasteiger partial charge is 0.699 e. The van der Waals surface area contributed by atoms with Gasteiger partial charge in [0.05, 0.1) is 0 Å². The Kier molecular flexibility index (Phi) is 3.66. The van der Waals surface area contributed by atoms with Crippen LogP contribution >= 0.6 is 0 Å². The third-order valence-corrected chi connectivity index (χ3v) is 4.44. The number of furan rings is 1. The highest BCUT2D eigenvalue weighted by molar-refractivity contribution is 6.28. The Morgan fingerprint density at radius 2 is 2.17 bits per heavy atom. The molecule has 2 aromatic heterocycles. The van der Waals surface area contributed by atoms with Crippen molar-refractivity contribution in [2.45, 2.75) is 20.3 Å². The van der Waals surface area contributed by atoms with Gasteiger partial charge in [-0.25, -0.2) is 0 Å². The molecule has 0 atom stereocenters. The van der Waals surface area contributed by atoms with Crippen LogP contribution in [0.25, 0.3) is 17.7 Å². The summed E-state index contributed by atoms with van der Waals surface area (Å²) in [5, 5.41) is 0. The molecule has 4 rings (SSSR count). The minimum absolute atomic E-state index is 0.641. The van der Waals surface area contributed by atoms with E-state index in [0.29, 0.717) is 6.54 Å². The van der Waals surface area contributed by atoms with Gasteiger partial charge >= 0.3 is 7.55 Å². The van der Waals surface area contributed by atoms with Crippen molar-refractivity contribution in [2.75, 3.05) is 6.54 Å². The van der Waals surface area contributed by atoms with E-state index in [4.69, 9.17) is 10.2 Å². The van der Waals surface area contributed by atoms with Gasteiger partial charge in [-0.05, 0) is 62.7 Å². The summed E-state index contributed by atoms with van der Waals surface area (Å²) in [6, 6.07) is 6.17. The molecule has 4 heterocycles. The molecule has 0 spiro atoms. The van der Waals surface area contributed by atoms with Crippen LogP contribution in [0.1, 0.15) is 34.9 Å². The highest BCUT2D eigenvalue weighted by atomic mass is 16.3. The molecule has 0 amide bonds. The van der Waals surface area contributed by atoms with Crippen LogP contribution in [-0.2, 0) is 0 Å². The summed E-state index contributed by atoms with van der Waals surface area (Å²) >= 11 is 0. The molecule has 0 aliphatic carbocycles. The molecule has 5 heteroatoms. The van der Waals surface area contributed by atoms with Crippen LogP contribution in [0.15, 0.2) is 40.5 Å². The van der Waals surface area contributed by atoms with Crippen LogP contribution < -0.4 is 5.73 Å². The lowest BCUT2D eigenvalue weighted by atomic mass is 9.94. The number of aryl methyl sites for hydroxylation is 2. The van der Waals surface area contributed by atoms with E-state index in [0.717, 1.165) is 23.6 Å². The molecular formula is C19H20BN3O+. The molecule has 2 aromatic rings. The monoisotopic (exact) mass is 317 g/mol. The zero-order chi connectivity index (χ0) is 16.7. The van der Waals surface area contributed by atoms with E-state index in [9.17, 15) is 0 Å². The van der Waals surface area contributed by atoms with Crippen LogP contribution in [0.4, 0.5) is 0 Å². The van der Waals surface area contributed by atoms with E-state index in [2.05, 4.69) is 53.9 Å². The molecule has 2 aliphatic rings. The predicted molar refractivity (Wildman–Crippen MR) is 98.7 cm³/mol. The molecule has 0 aromatic carbocycles. The smallest absolute Gasteiger partial charge is 0.462 e. The minimum Gasteiger partial charge on any atom is -0.462 e. The van der Waals surface area contributed by atoms with Gasteiger partial charge in [0.25, 0.3) is 0 Å². The summed E-state index contributed by atoms with van der Waals surface area (Å²) < 4.78 is 10.0. The highest BCUT2D eigenvalue weighted by Gasteiger charge is 2.34. The standard InChI is InChI=1S/C19H20BN3O/c1-13-12-15(6-8-16-7-5-14(2)24-16)23-19(13)17(9-10-21)18-4-3-11-22(18)20-23/h3-8,11-12H,9-10,21H2,1-2H3/q+1/b8-6+. The second kappa shape index (κ2) is 5.84. The summed E-state index contributed by atoms with van der Waals surface area (Å²) in [5.74, 6) is 1.79. The SMILES string of the molecule is Cc1ccc(/C=C/c2cc(C)c3n2[B][N+]2=CC=CC2=C3CCN)o1. The summed E-state index contributed by atoms with van der Waals surface area (Å²) in [4.78, 5) is 0. The molecule has 0 unspecified atom stereocenters.